The minimum atomic E-state index is -0.0296. The number of carbonyl (C=O) groups is 1. The first-order valence-corrected chi connectivity index (χ1v) is 5.01. The Morgan fingerprint density at radius 1 is 1.56 bits per heavy atom. The van der Waals surface area contributed by atoms with Gasteiger partial charge in [0.2, 0.25) is 5.82 Å². The van der Waals surface area contributed by atoms with Gasteiger partial charge >= 0.3 is 0 Å². The topological polar surface area (TPSA) is 73.8 Å². The molecule has 2 heterocycles. The molecule has 0 aliphatic carbocycles. The van der Waals surface area contributed by atoms with Crippen LogP contribution in [0.15, 0.2) is 22.8 Å². The van der Waals surface area contributed by atoms with Gasteiger partial charge in [0, 0.05) is 5.92 Å². The number of nitrogens with zero attached hydrogens (tertiary/aromatic N) is 4. The molecule has 0 aliphatic rings. The number of carbonyl (C=O) groups excluding carboxylic acids is 1. The number of hydrogen-bond donors (Lipinski definition) is 0. The van der Waals surface area contributed by atoms with E-state index in [4.69, 9.17) is 4.42 Å². The van der Waals surface area contributed by atoms with Crippen molar-refractivity contribution in [3.63, 3.8) is 0 Å². The third-order valence-corrected chi connectivity index (χ3v) is 2.14. The number of hydrogen-bond acceptors (Lipinski definition) is 5. The smallest absolute Gasteiger partial charge is 0.240 e. The predicted molar refractivity (Wildman–Crippen MR) is 55.4 cm³/mol. The maximum Gasteiger partial charge on any atom is 0.240 e. The minimum absolute atomic E-state index is 0.0296. The summed E-state index contributed by atoms with van der Waals surface area (Å²) in [6, 6.07) is 3.49. The van der Waals surface area contributed by atoms with Crippen LogP contribution in [0.1, 0.15) is 13.8 Å². The lowest BCUT2D eigenvalue weighted by Gasteiger charge is -2.00. The maximum atomic E-state index is 11.5. The van der Waals surface area contributed by atoms with Crippen molar-refractivity contribution in [1.82, 2.24) is 20.2 Å². The van der Waals surface area contributed by atoms with Gasteiger partial charge in [0.15, 0.2) is 11.5 Å². The molecule has 2 rings (SSSR count). The van der Waals surface area contributed by atoms with Crippen LogP contribution in [0.5, 0.6) is 0 Å². The van der Waals surface area contributed by atoms with E-state index < -0.39 is 0 Å². The van der Waals surface area contributed by atoms with Gasteiger partial charge in [0.05, 0.1) is 6.26 Å². The number of aromatic nitrogens is 4. The van der Waals surface area contributed by atoms with E-state index in [2.05, 4.69) is 15.4 Å². The second-order valence-corrected chi connectivity index (χ2v) is 3.74. The summed E-state index contributed by atoms with van der Waals surface area (Å²) in [5.74, 6) is 0.978. The first-order valence-electron chi connectivity index (χ1n) is 5.01. The van der Waals surface area contributed by atoms with Gasteiger partial charge in [-0.05, 0) is 17.3 Å². The van der Waals surface area contributed by atoms with Crippen LogP contribution in [0, 0.1) is 5.92 Å². The molecule has 0 bridgehead atoms. The Balaban J connectivity index is 2.11. The van der Waals surface area contributed by atoms with Crippen molar-refractivity contribution in [2.24, 2.45) is 5.92 Å². The quantitative estimate of drug-likeness (QED) is 0.772. The molecule has 6 nitrogen and oxygen atoms in total. The molecule has 0 amide bonds. The molecular weight excluding hydrogens is 208 g/mol. The largest absolute Gasteiger partial charge is 0.461 e. The molecule has 0 spiro atoms. The summed E-state index contributed by atoms with van der Waals surface area (Å²) in [5, 5.41) is 11.7. The molecular formula is C10H12N4O2. The van der Waals surface area contributed by atoms with Gasteiger partial charge in [-0.1, -0.05) is 13.8 Å². The predicted octanol–water partition coefficient (Wildman–Crippen LogP) is 1.16. The van der Waals surface area contributed by atoms with Crippen LogP contribution in [0.2, 0.25) is 0 Å². The SMILES string of the molecule is CC(C)C(=O)Cn1nnc(-c2ccco2)n1. The van der Waals surface area contributed by atoms with Crippen molar-refractivity contribution in [1.29, 1.82) is 0 Å². The Morgan fingerprint density at radius 2 is 2.38 bits per heavy atom. The van der Waals surface area contributed by atoms with E-state index in [1.54, 1.807) is 12.1 Å². The molecule has 16 heavy (non-hydrogen) atoms. The normalized spacial score (nSPS) is 10.9. The van der Waals surface area contributed by atoms with E-state index in [0.29, 0.717) is 11.6 Å². The van der Waals surface area contributed by atoms with E-state index in [9.17, 15) is 4.79 Å². The first-order chi connectivity index (χ1) is 7.66. The molecule has 0 atom stereocenters. The standard InChI is InChI=1S/C10H12N4O2/c1-7(2)8(15)6-14-12-10(11-13-14)9-4-3-5-16-9/h3-5,7H,6H2,1-2H3. The summed E-state index contributed by atoms with van der Waals surface area (Å²) in [5.41, 5.74) is 0. The Hall–Kier alpha value is -1.98. The van der Waals surface area contributed by atoms with Crippen LogP contribution in [0.3, 0.4) is 0 Å². The summed E-state index contributed by atoms with van der Waals surface area (Å²) < 4.78 is 5.12. The van der Waals surface area contributed by atoms with Crippen LogP contribution in [0.25, 0.3) is 11.6 Å². The van der Waals surface area contributed by atoms with Crippen LogP contribution in [-0.2, 0) is 11.3 Å². The molecule has 0 aromatic carbocycles. The molecule has 2 aromatic heterocycles. The molecule has 0 saturated carbocycles. The van der Waals surface area contributed by atoms with Crippen LogP contribution >= 0.6 is 0 Å². The fourth-order valence-corrected chi connectivity index (χ4v) is 1.14. The second-order valence-electron chi connectivity index (χ2n) is 3.74. The zero-order valence-electron chi connectivity index (χ0n) is 9.12. The van der Waals surface area contributed by atoms with Crippen molar-refractivity contribution in [2.75, 3.05) is 0 Å². The van der Waals surface area contributed by atoms with Crippen molar-refractivity contribution in [3.05, 3.63) is 18.4 Å². The summed E-state index contributed by atoms with van der Waals surface area (Å²) in [7, 11) is 0. The van der Waals surface area contributed by atoms with E-state index in [1.807, 2.05) is 13.8 Å². The van der Waals surface area contributed by atoms with Gasteiger partial charge in [0.1, 0.15) is 6.54 Å². The molecule has 0 fully saturated rings. The monoisotopic (exact) mass is 220 g/mol. The molecule has 0 saturated heterocycles. The number of furan rings is 1. The van der Waals surface area contributed by atoms with Gasteiger partial charge < -0.3 is 4.42 Å². The Morgan fingerprint density at radius 3 is 3.00 bits per heavy atom. The van der Waals surface area contributed by atoms with Crippen LogP contribution in [-0.4, -0.2) is 26.0 Å². The summed E-state index contributed by atoms with van der Waals surface area (Å²) in [4.78, 5) is 12.7. The Labute approximate surface area is 92.3 Å². The number of ketones is 1. The van der Waals surface area contributed by atoms with Crippen molar-refractivity contribution >= 4 is 5.78 Å². The fraction of sp³-hybridized carbons (Fsp3) is 0.400. The van der Waals surface area contributed by atoms with E-state index in [1.165, 1.54) is 11.1 Å². The van der Waals surface area contributed by atoms with Crippen LogP contribution in [0.4, 0.5) is 0 Å². The number of tetrazole rings is 1. The van der Waals surface area contributed by atoms with Crippen molar-refractivity contribution in [2.45, 2.75) is 20.4 Å². The number of Topliss-reactive ketones (excluding diaryl/α,β-unsaturated/α-hetero) is 1. The first kappa shape index (κ1) is 10.5. The van der Waals surface area contributed by atoms with Gasteiger partial charge in [-0.3, -0.25) is 4.79 Å². The fourth-order valence-electron chi connectivity index (χ4n) is 1.14. The third kappa shape index (κ3) is 2.16. The minimum Gasteiger partial charge on any atom is -0.461 e. The number of rotatable bonds is 4. The van der Waals surface area contributed by atoms with Crippen molar-refractivity contribution < 1.29 is 9.21 Å². The molecule has 0 unspecified atom stereocenters. The molecule has 0 radical (unpaired) electrons. The lowest BCUT2D eigenvalue weighted by atomic mass is 10.1. The lowest BCUT2D eigenvalue weighted by Crippen LogP contribution is -2.17. The lowest BCUT2D eigenvalue weighted by molar-refractivity contribution is -0.122. The van der Waals surface area contributed by atoms with Gasteiger partial charge in [-0.2, -0.15) is 4.80 Å². The third-order valence-electron chi connectivity index (χ3n) is 2.14. The van der Waals surface area contributed by atoms with Crippen molar-refractivity contribution in [3.8, 4) is 11.6 Å². The van der Waals surface area contributed by atoms with E-state index >= 15 is 0 Å². The Kier molecular flexibility index (Phi) is 2.80. The molecule has 6 heteroatoms. The molecule has 0 aliphatic heterocycles. The summed E-state index contributed by atoms with van der Waals surface area (Å²) >= 11 is 0. The molecule has 0 N–H and O–H groups in total. The van der Waals surface area contributed by atoms with E-state index in [0.717, 1.165) is 0 Å². The highest BCUT2D eigenvalue weighted by molar-refractivity contribution is 5.79. The Bertz CT molecular complexity index is 473. The maximum absolute atomic E-state index is 11.5. The van der Waals surface area contributed by atoms with Gasteiger partial charge in [0.25, 0.3) is 0 Å². The van der Waals surface area contributed by atoms with Gasteiger partial charge in [-0.15, -0.1) is 10.2 Å². The van der Waals surface area contributed by atoms with Gasteiger partial charge in [-0.25, -0.2) is 0 Å². The molecule has 84 valence electrons. The summed E-state index contributed by atoms with van der Waals surface area (Å²) in [6.45, 7) is 3.82. The second kappa shape index (κ2) is 4.26. The highest BCUT2D eigenvalue weighted by Gasteiger charge is 2.12. The zero-order valence-corrected chi connectivity index (χ0v) is 9.12. The van der Waals surface area contributed by atoms with Crippen LogP contribution < -0.4 is 0 Å². The summed E-state index contributed by atoms with van der Waals surface area (Å²) in [6.07, 6.45) is 1.54. The molecule has 2 aromatic rings. The average molecular weight is 220 g/mol. The van der Waals surface area contributed by atoms with E-state index in [-0.39, 0.29) is 18.2 Å². The highest BCUT2D eigenvalue weighted by Crippen LogP contribution is 2.12. The average Bonchev–Trinajstić information content (AvgIpc) is 2.85. The highest BCUT2D eigenvalue weighted by atomic mass is 16.3. The zero-order chi connectivity index (χ0) is 11.5.